The topological polar surface area (TPSA) is 59.3 Å². The van der Waals surface area contributed by atoms with Crippen molar-refractivity contribution in [3.63, 3.8) is 0 Å². The zero-order valence-electron chi connectivity index (χ0n) is 12.9. The van der Waals surface area contributed by atoms with E-state index >= 15 is 0 Å². The normalized spacial score (nSPS) is 10.9. The lowest BCUT2D eigenvalue weighted by molar-refractivity contribution is 0.104. The lowest BCUT2D eigenvalue weighted by Crippen LogP contribution is -2.04. The van der Waals surface area contributed by atoms with Gasteiger partial charge >= 0.3 is 0 Å². The Hall–Kier alpha value is -2.90. The van der Waals surface area contributed by atoms with Gasteiger partial charge in [0, 0.05) is 12.7 Å². The molecule has 0 aliphatic rings. The van der Waals surface area contributed by atoms with E-state index in [0.29, 0.717) is 24.5 Å². The number of methoxy groups -OCH3 is 1. The number of rotatable bonds is 7. The van der Waals surface area contributed by atoms with E-state index in [9.17, 15) is 10.1 Å². The minimum Gasteiger partial charge on any atom is -0.491 e. The quantitative estimate of drug-likeness (QED) is 0.340. The summed E-state index contributed by atoms with van der Waals surface area (Å²) in [5.41, 5.74) is 1.32. The van der Waals surface area contributed by atoms with Crippen LogP contribution in [0.15, 0.2) is 60.2 Å². The van der Waals surface area contributed by atoms with Crippen molar-refractivity contribution >= 4 is 11.9 Å². The van der Waals surface area contributed by atoms with Gasteiger partial charge in [-0.2, -0.15) is 5.26 Å². The van der Waals surface area contributed by atoms with Crippen LogP contribution >= 0.6 is 0 Å². The summed E-state index contributed by atoms with van der Waals surface area (Å²) in [4.78, 5) is 12.3. The van der Waals surface area contributed by atoms with E-state index in [1.165, 1.54) is 0 Å². The van der Waals surface area contributed by atoms with Crippen LogP contribution in [-0.4, -0.2) is 26.1 Å². The molecule has 0 unspecified atom stereocenters. The smallest absolute Gasteiger partial charge is 0.203 e. The van der Waals surface area contributed by atoms with Crippen molar-refractivity contribution in [2.24, 2.45) is 0 Å². The second kappa shape index (κ2) is 8.52. The van der Waals surface area contributed by atoms with Crippen LogP contribution in [0.2, 0.25) is 0 Å². The van der Waals surface area contributed by atoms with E-state index in [4.69, 9.17) is 9.47 Å². The Morgan fingerprint density at radius 3 is 2.61 bits per heavy atom. The Morgan fingerprint density at radius 1 is 1.13 bits per heavy atom. The van der Waals surface area contributed by atoms with Gasteiger partial charge in [0.2, 0.25) is 5.78 Å². The second-order valence-corrected chi connectivity index (χ2v) is 4.78. The Balaban J connectivity index is 2.20. The molecule has 23 heavy (non-hydrogen) atoms. The molecule has 0 bridgehead atoms. The standard InChI is InChI=1S/C19H17NO3/c1-22-10-11-23-18-9-5-6-15(13-18)12-17(14-20)19(21)16-7-3-2-4-8-16/h2-9,12-13H,10-11H2,1H3. The number of hydrogen-bond donors (Lipinski definition) is 0. The minimum absolute atomic E-state index is 0.0882. The predicted molar refractivity (Wildman–Crippen MR) is 88.2 cm³/mol. The number of nitriles is 1. The lowest BCUT2D eigenvalue weighted by atomic mass is 10.0. The Bertz CT molecular complexity index is 730. The number of carbonyl (C=O) groups is 1. The molecule has 0 aliphatic carbocycles. The fourth-order valence-electron chi connectivity index (χ4n) is 2.00. The number of ketones is 1. The molecular weight excluding hydrogens is 290 g/mol. The van der Waals surface area contributed by atoms with Gasteiger partial charge in [0.1, 0.15) is 24.0 Å². The SMILES string of the molecule is COCCOc1cccc(C=C(C#N)C(=O)c2ccccc2)c1. The third-order valence-corrected chi connectivity index (χ3v) is 3.13. The van der Waals surface area contributed by atoms with E-state index < -0.39 is 0 Å². The number of nitrogens with zero attached hydrogens (tertiary/aromatic N) is 1. The van der Waals surface area contributed by atoms with Gasteiger partial charge in [-0.1, -0.05) is 42.5 Å². The van der Waals surface area contributed by atoms with Crippen molar-refractivity contribution < 1.29 is 14.3 Å². The molecule has 0 aromatic heterocycles. The minimum atomic E-state index is -0.293. The molecule has 4 heteroatoms. The average molecular weight is 307 g/mol. The maximum Gasteiger partial charge on any atom is 0.203 e. The molecule has 0 aliphatic heterocycles. The third kappa shape index (κ3) is 4.80. The van der Waals surface area contributed by atoms with E-state index in [0.717, 1.165) is 5.56 Å². The molecule has 0 amide bonds. The maximum absolute atomic E-state index is 12.3. The highest BCUT2D eigenvalue weighted by atomic mass is 16.5. The number of benzene rings is 2. The molecule has 0 saturated carbocycles. The number of carbonyl (C=O) groups excluding carboxylic acids is 1. The van der Waals surface area contributed by atoms with Crippen LogP contribution in [0.5, 0.6) is 5.75 Å². The van der Waals surface area contributed by atoms with Crippen molar-refractivity contribution in [1.29, 1.82) is 5.26 Å². The highest BCUT2D eigenvalue weighted by molar-refractivity contribution is 6.14. The van der Waals surface area contributed by atoms with Gasteiger partial charge in [-0.05, 0) is 23.8 Å². The molecule has 2 rings (SSSR count). The lowest BCUT2D eigenvalue weighted by Gasteiger charge is -2.06. The van der Waals surface area contributed by atoms with E-state index in [1.807, 2.05) is 30.3 Å². The summed E-state index contributed by atoms with van der Waals surface area (Å²) in [5, 5.41) is 9.27. The Kier molecular flexibility index (Phi) is 6.10. The largest absolute Gasteiger partial charge is 0.491 e. The monoisotopic (exact) mass is 307 g/mol. The predicted octanol–water partition coefficient (Wildman–Crippen LogP) is 3.50. The fourth-order valence-corrected chi connectivity index (χ4v) is 2.00. The van der Waals surface area contributed by atoms with Crippen LogP contribution < -0.4 is 4.74 Å². The fraction of sp³-hybridized carbons (Fsp3) is 0.158. The molecule has 2 aromatic carbocycles. The summed E-state index contributed by atoms with van der Waals surface area (Å²) >= 11 is 0. The first kappa shape index (κ1) is 16.5. The van der Waals surface area contributed by atoms with E-state index in [-0.39, 0.29) is 11.4 Å². The van der Waals surface area contributed by atoms with Crippen LogP contribution in [0.4, 0.5) is 0 Å². The average Bonchev–Trinajstić information content (AvgIpc) is 2.60. The van der Waals surface area contributed by atoms with Crippen LogP contribution in [-0.2, 0) is 4.74 Å². The van der Waals surface area contributed by atoms with Crippen molar-refractivity contribution in [3.05, 3.63) is 71.3 Å². The molecule has 4 nitrogen and oxygen atoms in total. The van der Waals surface area contributed by atoms with E-state index in [2.05, 4.69) is 0 Å². The maximum atomic E-state index is 12.3. The zero-order valence-corrected chi connectivity index (χ0v) is 12.9. The van der Waals surface area contributed by atoms with Crippen molar-refractivity contribution in [3.8, 4) is 11.8 Å². The van der Waals surface area contributed by atoms with Gasteiger partial charge in [0.05, 0.1) is 6.61 Å². The summed E-state index contributed by atoms with van der Waals surface area (Å²) in [7, 11) is 1.61. The highest BCUT2D eigenvalue weighted by Crippen LogP contribution is 2.17. The number of allylic oxidation sites excluding steroid dienone is 1. The van der Waals surface area contributed by atoms with Gasteiger partial charge < -0.3 is 9.47 Å². The molecule has 0 saturated heterocycles. The molecule has 0 radical (unpaired) electrons. The summed E-state index contributed by atoms with van der Waals surface area (Å²) < 4.78 is 10.5. The molecule has 0 fully saturated rings. The van der Waals surface area contributed by atoms with Gasteiger partial charge in [-0.3, -0.25) is 4.79 Å². The van der Waals surface area contributed by atoms with Crippen LogP contribution in [0.3, 0.4) is 0 Å². The van der Waals surface area contributed by atoms with Crippen LogP contribution in [0.1, 0.15) is 15.9 Å². The van der Waals surface area contributed by atoms with Gasteiger partial charge in [-0.15, -0.1) is 0 Å². The number of hydrogen-bond acceptors (Lipinski definition) is 4. The summed E-state index contributed by atoms with van der Waals surface area (Å²) in [6.45, 7) is 0.938. The van der Waals surface area contributed by atoms with Gasteiger partial charge in [-0.25, -0.2) is 0 Å². The van der Waals surface area contributed by atoms with Crippen molar-refractivity contribution in [1.82, 2.24) is 0 Å². The van der Waals surface area contributed by atoms with E-state index in [1.54, 1.807) is 43.5 Å². The first-order chi connectivity index (χ1) is 11.2. The molecule has 116 valence electrons. The summed E-state index contributed by atoms with van der Waals surface area (Å²) in [5.74, 6) is 0.374. The molecular formula is C19H17NO3. The van der Waals surface area contributed by atoms with Crippen molar-refractivity contribution in [2.75, 3.05) is 20.3 Å². The van der Waals surface area contributed by atoms with Crippen LogP contribution in [0, 0.1) is 11.3 Å². The van der Waals surface area contributed by atoms with Gasteiger partial charge in [0.15, 0.2) is 0 Å². The van der Waals surface area contributed by atoms with Crippen LogP contribution in [0.25, 0.3) is 6.08 Å². The Morgan fingerprint density at radius 2 is 1.91 bits per heavy atom. The third-order valence-electron chi connectivity index (χ3n) is 3.13. The van der Waals surface area contributed by atoms with Gasteiger partial charge in [0.25, 0.3) is 0 Å². The van der Waals surface area contributed by atoms with Crippen molar-refractivity contribution in [2.45, 2.75) is 0 Å². The Labute approximate surface area is 135 Å². The second-order valence-electron chi connectivity index (χ2n) is 4.78. The molecule has 0 N–H and O–H groups in total. The zero-order chi connectivity index (χ0) is 16.5. The first-order valence-corrected chi connectivity index (χ1v) is 7.18. The molecule has 0 heterocycles. The summed E-state index contributed by atoms with van der Waals surface area (Å²) in [6.07, 6.45) is 1.57. The number of Topliss-reactive ketones (excluding diaryl/α,β-unsaturated/α-hetero) is 1. The molecule has 0 spiro atoms. The first-order valence-electron chi connectivity index (χ1n) is 7.18. The number of ether oxygens (including phenoxy) is 2. The molecule has 0 atom stereocenters. The molecule has 2 aromatic rings. The summed E-state index contributed by atoms with van der Waals surface area (Å²) in [6, 6.07) is 18.0. The highest BCUT2D eigenvalue weighted by Gasteiger charge is 2.11.